The number of aromatic nitrogens is 3. The molecule has 0 aliphatic carbocycles. The van der Waals surface area contributed by atoms with Crippen LogP contribution in [0.2, 0.25) is 0 Å². The fourth-order valence-electron chi connectivity index (χ4n) is 7.85. The second kappa shape index (κ2) is 12.6. The van der Waals surface area contributed by atoms with Crippen molar-refractivity contribution in [2.45, 2.75) is 0 Å². The predicted molar refractivity (Wildman–Crippen MR) is 227 cm³/mol. The van der Waals surface area contributed by atoms with Gasteiger partial charge in [-0.3, -0.25) is 0 Å². The van der Waals surface area contributed by atoms with Crippen molar-refractivity contribution in [3.05, 3.63) is 188 Å². The summed E-state index contributed by atoms with van der Waals surface area (Å²) in [6.45, 7) is 0. The molecule has 0 bridgehead atoms. The number of hydrogen-bond donors (Lipinski definition) is 0. The van der Waals surface area contributed by atoms with Crippen LogP contribution < -0.4 is 0 Å². The summed E-state index contributed by atoms with van der Waals surface area (Å²) in [6, 6.07) is 66.0. The van der Waals surface area contributed by atoms with Gasteiger partial charge in [-0.1, -0.05) is 146 Å². The lowest BCUT2D eigenvalue weighted by Crippen LogP contribution is -2.00. The minimum Gasteiger partial charge on any atom is -0.456 e. The van der Waals surface area contributed by atoms with E-state index in [1.165, 1.54) is 21.9 Å². The van der Waals surface area contributed by atoms with Gasteiger partial charge >= 0.3 is 0 Å². The molecule has 11 rings (SSSR count). The summed E-state index contributed by atoms with van der Waals surface area (Å²) in [4.78, 5) is 15.4. The van der Waals surface area contributed by atoms with E-state index in [2.05, 4.69) is 170 Å². The molecule has 11 aromatic rings. The zero-order chi connectivity index (χ0) is 36.3. The van der Waals surface area contributed by atoms with Gasteiger partial charge in [0, 0.05) is 27.5 Å². The Morgan fingerprint density at radius 2 is 0.800 bits per heavy atom. The molecule has 9 aromatic carbocycles. The highest BCUT2D eigenvalue weighted by Gasteiger charge is 2.16. The Bertz CT molecular complexity index is 3270. The van der Waals surface area contributed by atoms with Gasteiger partial charge in [-0.25, -0.2) is 15.0 Å². The molecule has 2 aromatic heterocycles. The summed E-state index contributed by atoms with van der Waals surface area (Å²) in [5, 5.41) is 9.13. The molecule has 0 N–H and O–H groups in total. The van der Waals surface area contributed by atoms with Gasteiger partial charge in [0.15, 0.2) is 17.5 Å². The maximum Gasteiger partial charge on any atom is 0.164 e. The van der Waals surface area contributed by atoms with Gasteiger partial charge in [-0.05, 0) is 97.0 Å². The third kappa shape index (κ3) is 5.51. The average Bonchev–Trinajstić information content (AvgIpc) is 3.63. The van der Waals surface area contributed by atoms with Crippen molar-refractivity contribution in [3.8, 4) is 56.4 Å². The van der Waals surface area contributed by atoms with Gasteiger partial charge in [0.1, 0.15) is 11.2 Å². The van der Waals surface area contributed by atoms with Gasteiger partial charge in [-0.2, -0.15) is 0 Å². The zero-order valence-corrected chi connectivity index (χ0v) is 29.6. The third-order valence-corrected chi connectivity index (χ3v) is 10.7. The number of fused-ring (bicyclic) bond motifs is 6. The van der Waals surface area contributed by atoms with Crippen LogP contribution in [0.4, 0.5) is 0 Å². The van der Waals surface area contributed by atoms with Crippen LogP contribution in [0.15, 0.2) is 192 Å². The minimum atomic E-state index is 0.631. The lowest BCUT2D eigenvalue weighted by Gasteiger charge is -2.12. The highest BCUT2D eigenvalue weighted by atomic mass is 16.3. The van der Waals surface area contributed by atoms with Gasteiger partial charge in [0.25, 0.3) is 0 Å². The molecule has 4 heteroatoms. The van der Waals surface area contributed by atoms with E-state index in [0.29, 0.717) is 17.5 Å². The Morgan fingerprint density at radius 3 is 1.56 bits per heavy atom. The Balaban J connectivity index is 1.04. The van der Waals surface area contributed by atoms with Crippen LogP contribution in [0.5, 0.6) is 0 Å². The molecule has 0 aliphatic rings. The summed E-state index contributed by atoms with van der Waals surface area (Å²) in [5.41, 5.74) is 9.31. The standard InChI is InChI=1S/C51H31N3O/c1-2-9-32(10-3-1)35-18-19-37-29-41(22-20-36(37)27-35)50-52-49(40-21-17-33-11-4-5-12-34(33)28-40)53-51(54-50)42-23-25-44-38(30-42)13-8-15-43(44)39-24-26-48-46(31-39)45-14-6-7-16-47(45)55-48/h1-31H. The van der Waals surface area contributed by atoms with Crippen molar-refractivity contribution in [2.75, 3.05) is 0 Å². The molecular weight excluding hydrogens is 671 g/mol. The summed E-state index contributed by atoms with van der Waals surface area (Å²) < 4.78 is 6.12. The van der Waals surface area contributed by atoms with Crippen molar-refractivity contribution in [1.82, 2.24) is 15.0 Å². The first-order valence-electron chi connectivity index (χ1n) is 18.5. The highest BCUT2D eigenvalue weighted by molar-refractivity contribution is 6.08. The Labute approximate surface area is 317 Å². The molecule has 0 saturated heterocycles. The molecule has 256 valence electrons. The van der Waals surface area contributed by atoms with Crippen LogP contribution >= 0.6 is 0 Å². The Kier molecular flexibility index (Phi) is 7.14. The maximum absolute atomic E-state index is 6.12. The molecule has 0 fully saturated rings. The molecule has 0 atom stereocenters. The first kappa shape index (κ1) is 31.1. The smallest absolute Gasteiger partial charge is 0.164 e. The van der Waals surface area contributed by atoms with Crippen molar-refractivity contribution in [1.29, 1.82) is 0 Å². The first-order chi connectivity index (χ1) is 27.2. The first-order valence-corrected chi connectivity index (χ1v) is 18.5. The van der Waals surface area contributed by atoms with Gasteiger partial charge in [0.2, 0.25) is 0 Å². The lowest BCUT2D eigenvalue weighted by atomic mass is 9.95. The second-order valence-corrected chi connectivity index (χ2v) is 14.1. The van der Waals surface area contributed by atoms with Crippen molar-refractivity contribution in [2.24, 2.45) is 0 Å². The monoisotopic (exact) mass is 701 g/mol. The van der Waals surface area contributed by atoms with Crippen LogP contribution in [0.1, 0.15) is 0 Å². The minimum absolute atomic E-state index is 0.631. The molecule has 0 aliphatic heterocycles. The molecule has 2 heterocycles. The second-order valence-electron chi connectivity index (χ2n) is 14.1. The maximum atomic E-state index is 6.12. The molecule has 0 amide bonds. The van der Waals surface area contributed by atoms with E-state index in [1.54, 1.807) is 0 Å². The summed E-state index contributed by atoms with van der Waals surface area (Å²) in [6.07, 6.45) is 0. The van der Waals surface area contributed by atoms with E-state index in [9.17, 15) is 0 Å². The molecule has 0 unspecified atom stereocenters. The van der Waals surface area contributed by atoms with E-state index in [1.807, 2.05) is 18.2 Å². The van der Waals surface area contributed by atoms with Crippen LogP contribution in [-0.2, 0) is 0 Å². The number of benzene rings is 9. The number of rotatable bonds is 5. The average molecular weight is 702 g/mol. The molecular formula is C51H31N3O. The molecule has 0 saturated carbocycles. The van der Waals surface area contributed by atoms with Crippen LogP contribution in [0.25, 0.3) is 111 Å². The Hall–Kier alpha value is -7.43. The largest absolute Gasteiger partial charge is 0.456 e. The number of para-hydroxylation sites is 1. The zero-order valence-electron chi connectivity index (χ0n) is 29.6. The van der Waals surface area contributed by atoms with Gasteiger partial charge in [0.05, 0.1) is 0 Å². The van der Waals surface area contributed by atoms with Crippen molar-refractivity contribution >= 4 is 54.3 Å². The highest BCUT2D eigenvalue weighted by Crippen LogP contribution is 2.37. The lowest BCUT2D eigenvalue weighted by molar-refractivity contribution is 0.669. The van der Waals surface area contributed by atoms with Crippen LogP contribution in [-0.4, -0.2) is 15.0 Å². The van der Waals surface area contributed by atoms with E-state index >= 15 is 0 Å². The summed E-state index contributed by atoms with van der Waals surface area (Å²) >= 11 is 0. The third-order valence-electron chi connectivity index (χ3n) is 10.7. The molecule has 4 nitrogen and oxygen atoms in total. The SMILES string of the molecule is c1ccc(-c2ccc3cc(-c4nc(-c5ccc6ccccc6c5)nc(-c5ccc6c(-c7ccc8oc9ccccc9c8c7)cccc6c5)n4)ccc3c2)cc1. The van der Waals surface area contributed by atoms with Crippen molar-refractivity contribution < 1.29 is 4.42 Å². The number of hydrogen-bond acceptors (Lipinski definition) is 4. The van der Waals surface area contributed by atoms with E-state index in [0.717, 1.165) is 71.3 Å². The topological polar surface area (TPSA) is 51.8 Å². The quantitative estimate of drug-likeness (QED) is 0.179. The fraction of sp³-hybridized carbons (Fsp3) is 0. The van der Waals surface area contributed by atoms with E-state index < -0.39 is 0 Å². The van der Waals surface area contributed by atoms with Crippen LogP contribution in [0.3, 0.4) is 0 Å². The molecule has 55 heavy (non-hydrogen) atoms. The van der Waals surface area contributed by atoms with Gasteiger partial charge < -0.3 is 4.42 Å². The predicted octanol–water partition coefficient (Wildman–Crippen LogP) is 13.6. The number of nitrogens with zero attached hydrogens (tertiary/aromatic N) is 3. The normalized spacial score (nSPS) is 11.6. The fourth-order valence-corrected chi connectivity index (χ4v) is 7.85. The van der Waals surface area contributed by atoms with E-state index in [4.69, 9.17) is 19.4 Å². The molecule has 0 radical (unpaired) electrons. The summed E-state index contributed by atoms with van der Waals surface area (Å²) in [7, 11) is 0. The Morgan fingerprint density at radius 1 is 0.273 bits per heavy atom. The van der Waals surface area contributed by atoms with Crippen molar-refractivity contribution in [3.63, 3.8) is 0 Å². The molecule has 0 spiro atoms. The summed E-state index contributed by atoms with van der Waals surface area (Å²) in [5.74, 6) is 1.91. The van der Waals surface area contributed by atoms with Crippen LogP contribution in [0, 0.1) is 0 Å². The van der Waals surface area contributed by atoms with Gasteiger partial charge in [-0.15, -0.1) is 0 Å². The van der Waals surface area contributed by atoms with E-state index in [-0.39, 0.29) is 0 Å². The number of furan rings is 1.